The number of unbranched alkanes of at least 4 members (excludes halogenated alkanes) is 2. The summed E-state index contributed by atoms with van der Waals surface area (Å²) in [6.07, 6.45) is 2.25. The maximum Gasteiger partial charge on any atom is 0.303 e. The van der Waals surface area contributed by atoms with Crippen LogP contribution in [0.2, 0.25) is 0 Å². The van der Waals surface area contributed by atoms with Gasteiger partial charge in [0.1, 0.15) is 0 Å². The van der Waals surface area contributed by atoms with Crippen LogP contribution in [0.3, 0.4) is 0 Å². The maximum absolute atomic E-state index is 12.1. The van der Waals surface area contributed by atoms with Crippen molar-refractivity contribution in [2.45, 2.75) is 30.6 Å². The van der Waals surface area contributed by atoms with Crippen LogP contribution in [0, 0.1) is 0 Å². The van der Waals surface area contributed by atoms with E-state index in [1.165, 1.54) is 11.8 Å². The predicted octanol–water partition coefficient (Wildman–Crippen LogP) is 1.64. The van der Waals surface area contributed by atoms with Crippen LogP contribution in [-0.4, -0.2) is 35.2 Å². The Labute approximate surface area is 133 Å². The first kappa shape index (κ1) is 18.0. The van der Waals surface area contributed by atoms with Crippen LogP contribution in [-0.2, 0) is 9.59 Å². The zero-order valence-electron chi connectivity index (χ0n) is 12.2. The fourth-order valence-electron chi connectivity index (χ4n) is 1.80. The minimum Gasteiger partial charge on any atom is -0.481 e. The standard InChI is InChI=1S/C15H20N2O4S/c16-13(18)10-22-12-7-4-3-6-11(12)15(21)17-9-5-1-2-8-14(19)20/h3-4,6-7H,1-2,5,8-10H2,(H2,16,18)(H,17,21)(H,19,20). The van der Waals surface area contributed by atoms with Gasteiger partial charge in [0.2, 0.25) is 5.91 Å². The molecule has 0 aromatic heterocycles. The molecule has 7 heteroatoms. The molecule has 0 spiro atoms. The Morgan fingerprint density at radius 2 is 1.86 bits per heavy atom. The van der Waals surface area contributed by atoms with Gasteiger partial charge < -0.3 is 16.2 Å². The smallest absolute Gasteiger partial charge is 0.303 e. The predicted molar refractivity (Wildman–Crippen MR) is 84.8 cm³/mol. The number of carbonyl (C=O) groups excluding carboxylic acids is 2. The molecule has 0 unspecified atom stereocenters. The third kappa shape index (κ3) is 7.12. The van der Waals surface area contributed by atoms with E-state index in [4.69, 9.17) is 10.8 Å². The van der Waals surface area contributed by atoms with E-state index < -0.39 is 11.9 Å². The molecule has 0 fully saturated rings. The van der Waals surface area contributed by atoms with Crippen LogP contribution in [0.4, 0.5) is 0 Å². The van der Waals surface area contributed by atoms with E-state index in [1.807, 2.05) is 0 Å². The molecular formula is C15H20N2O4S. The molecule has 120 valence electrons. The van der Waals surface area contributed by atoms with Crippen LogP contribution >= 0.6 is 11.8 Å². The number of rotatable bonds is 10. The summed E-state index contributed by atoms with van der Waals surface area (Å²) in [5, 5.41) is 11.3. The largest absolute Gasteiger partial charge is 0.481 e. The van der Waals surface area contributed by atoms with Crippen LogP contribution in [0.25, 0.3) is 0 Å². The van der Waals surface area contributed by atoms with Gasteiger partial charge in [-0.15, -0.1) is 11.8 Å². The van der Waals surface area contributed by atoms with Gasteiger partial charge in [0.15, 0.2) is 0 Å². The van der Waals surface area contributed by atoms with Crippen LogP contribution in [0.5, 0.6) is 0 Å². The molecule has 1 aromatic carbocycles. The van der Waals surface area contributed by atoms with Gasteiger partial charge >= 0.3 is 5.97 Å². The zero-order chi connectivity index (χ0) is 16.4. The Hall–Kier alpha value is -2.02. The molecule has 0 saturated heterocycles. The van der Waals surface area contributed by atoms with Crippen molar-refractivity contribution in [2.75, 3.05) is 12.3 Å². The number of carboxylic acid groups (broad SMARTS) is 1. The molecule has 6 nitrogen and oxygen atoms in total. The quantitative estimate of drug-likeness (QED) is 0.448. The van der Waals surface area contributed by atoms with Crippen molar-refractivity contribution in [2.24, 2.45) is 5.73 Å². The number of benzene rings is 1. The van der Waals surface area contributed by atoms with Crippen molar-refractivity contribution in [3.05, 3.63) is 29.8 Å². The number of carboxylic acids is 1. The maximum atomic E-state index is 12.1. The summed E-state index contributed by atoms with van der Waals surface area (Å²) >= 11 is 1.23. The highest BCUT2D eigenvalue weighted by Gasteiger charge is 2.11. The molecule has 1 aromatic rings. The van der Waals surface area contributed by atoms with Crippen molar-refractivity contribution < 1.29 is 19.5 Å². The van der Waals surface area contributed by atoms with Gasteiger partial charge in [-0.1, -0.05) is 18.6 Å². The number of hydrogen-bond donors (Lipinski definition) is 3. The Morgan fingerprint density at radius 1 is 1.14 bits per heavy atom. The number of carbonyl (C=O) groups is 3. The van der Waals surface area contributed by atoms with Crippen LogP contribution in [0.15, 0.2) is 29.2 Å². The first-order valence-electron chi connectivity index (χ1n) is 7.01. The number of thioether (sulfide) groups is 1. The van der Waals surface area contributed by atoms with Crippen molar-refractivity contribution in [1.82, 2.24) is 5.32 Å². The highest BCUT2D eigenvalue weighted by molar-refractivity contribution is 8.00. The zero-order valence-corrected chi connectivity index (χ0v) is 13.0. The third-order valence-electron chi connectivity index (χ3n) is 2.85. The van der Waals surface area contributed by atoms with Gasteiger partial charge in [-0.05, 0) is 25.0 Å². The van der Waals surface area contributed by atoms with Gasteiger partial charge in [-0.2, -0.15) is 0 Å². The highest BCUT2D eigenvalue weighted by atomic mass is 32.2. The van der Waals surface area contributed by atoms with Crippen molar-refractivity contribution in [1.29, 1.82) is 0 Å². The second-order valence-corrected chi connectivity index (χ2v) is 5.73. The summed E-state index contributed by atoms with van der Waals surface area (Å²) in [5.41, 5.74) is 5.63. The topological polar surface area (TPSA) is 109 Å². The minimum atomic E-state index is -0.801. The van der Waals surface area contributed by atoms with E-state index in [1.54, 1.807) is 24.3 Å². The van der Waals surface area contributed by atoms with Gasteiger partial charge in [0.25, 0.3) is 5.91 Å². The fourth-order valence-corrected chi connectivity index (χ4v) is 2.59. The molecule has 0 atom stereocenters. The molecule has 0 heterocycles. The molecule has 0 radical (unpaired) electrons. The van der Waals surface area contributed by atoms with E-state index in [2.05, 4.69) is 5.32 Å². The SMILES string of the molecule is NC(=O)CSc1ccccc1C(=O)NCCCCCC(=O)O. The third-order valence-corrected chi connectivity index (χ3v) is 3.95. The summed E-state index contributed by atoms with van der Waals surface area (Å²) in [6.45, 7) is 0.493. The molecule has 0 aliphatic carbocycles. The van der Waals surface area contributed by atoms with E-state index in [0.717, 1.165) is 12.8 Å². The molecule has 1 rings (SSSR count). The van der Waals surface area contributed by atoms with Crippen molar-refractivity contribution >= 4 is 29.5 Å². The highest BCUT2D eigenvalue weighted by Crippen LogP contribution is 2.22. The monoisotopic (exact) mass is 324 g/mol. The summed E-state index contributed by atoms with van der Waals surface area (Å²) in [7, 11) is 0. The van der Waals surface area contributed by atoms with E-state index in [9.17, 15) is 14.4 Å². The summed E-state index contributed by atoms with van der Waals surface area (Å²) in [4.78, 5) is 34.0. The van der Waals surface area contributed by atoms with Crippen molar-refractivity contribution in [3.63, 3.8) is 0 Å². The van der Waals surface area contributed by atoms with Gasteiger partial charge in [-0.3, -0.25) is 14.4 Å². The normalized spacial score (nSPS) is 10.2. The average molecular weight is 324 g/mol. The molecule has 4 N–H and O–H groups in total. The van der Waals surface area contributed by atoms with Gasteiger partial charge in [0.05, 0.1) is 11.3 Å². The lowest BCUT2D eigenvalue weighted by atomic mass is 10.2. The molecule has 0 bridgehead atoms. The van der Waals surface area contributed by atoms with E-state index in [-0.39, 0.29) is 18.1 Å². The fraction of sp³-hybridized carbons (Fsp3) is 0.400. The molecular weight excluding hydrogens is 304 g/mol. The summed E-state index contributed by atoms with van der Waals surface area (Å²) in [5.74, 6) is -1.31. The second kappa shape index (κ2) is 9.83. The molecule has 22 heavy (non-hydrogen) atoms. The second-order valence-electron chi connectivity index (χ2n) is 4.71. The summed E-state index contributed by atoms with van der Waals surface area (Å²) < 4.78 is 0. The first-order chi connectivity index (χ1) is 10.5. The lowest BCUT2D eigenvalue weighted by molar-refractivity contribution is -0.137. The van der Waals surface area contributed by atoms with Crippen LogP contribution in [0.1, 0.15) is 36.0 Å². The van der Waals surface area contributed by atoms with Gasteiger partial charge in [0, 0.05) is 17.9 Å². The molecule has 0 saturated carbocycles. The Bertz CT molecular complexity index is 534. The van der Waals surface area contributed by atoms with E-state index in [0.29, 0.717) is 23.4 Å². The van der Waals surface area contributed by atoms with Gasteiger partial charge in [-0.25, -0.2) is 0 Å². The lowest BCUT2D eigenvalue weighted by Crippen LogP contribution is -2.25. The molecule has 0 aliphatic heterocycles. The van der Waals surface area contributed by atoms with Crippen LogP contribution < -0.4 is 11.1 Å². The number of hydrogen-bond acceptors (Lipinski definition) is 4. The number of nitrogens with two attached hydrogens (primary N) is 1. The summed E-state index contributed by atoms with van der Waals surface area (Å²) in [6, 6.07) is 7.03. The first-order valence-corrected chi connectivity index (χ1v) is 7.99. The number of nitrogens with one attached hydrogen (secondary N) is 1. The molecule has 0 aliphatic rings. The number of amides is 2. The number of aliphatic carboxylic acids is 1. The average Bonchev–Trinajstić information content (AvgIpc) is 2.48. The Morgan fingerprint density at radius 3 is 2.55 bits per heavy atom. The minimum absolute atomic E-state index is 0.124. The molecule has 2 amide bonds. The number of primary amides is 1. The van der Waals surface area contributed by atoms with Crippen molar-refractivity contribution in [3.8, 4) is 0 Å². The Balaban J connectivity index is 2.41. The Kier molecular flexibility index (Phi) is 8.06. The lowest BCUT2D eigenvalue weighted by Gasteiger charge is -2.09. The van der Waals surface area contributed by atoms with E-state index >= 15 is 0 Å².